The number of benzene rings is 1. The van der Waals surface area contributed by atoms with E-state index in [1.165, 1.54) is 13.2 Å². The summed E-state index contributed by atoms with van der Waals surface area (Å²) in [6, 6.07) is 3.03. The molecule has 2 rings (SSSR count). The molecule has 0 aromatic heterocycles. The van der Waals surface area contributed by atoms with Crippen LogP contribution in [-0.2, 0) is 9.31 Å². The van der Waals surface area contributed by atoms with Crippen molar-refractivity contribution in [3.8, 4) is 11.5 Å². The van der Waals surface area contributed by atoms with Gasteiger partial charge in [0.05, 0.1) is 18.3 Å². The normalized spacial score (nSPS) is 19.4. The number of methoxy groups -OCH3 is 1. The van der Waals surface area contributed by atoms with E-state index in [0.717, 1.165) is 0 Å². The molecule has 0 radical (unpaired) electrons. The standard InChI is InChI=1S/C17H24BNO5/c1-16(2)17(3,4)24-18(23-16)13(9-19)8-12-6-11(10-20)7-14(22-5)15(12)21/h6-8,10,21H,9,19H2,1-5H3. The smallest absolute Gasteiger partial charge is 0.491 e. The molecule has 0 saturated carbocycles. The van der Waals surface area contributed by atoms with Crippen LogP contribution < -0.4 is 10.5 Å². The molecule has 24 heavy (non-hydrogen) atoms. The molecule has 1 aliphatic rings. The minimum atomic E-state index is -0.620. The Kier molecular flexibility index (Phi) is 5.08. The number of hydrogen-bond acceptors (Lipinski definition) is 6. The maximum atomic E-state index is 11.1. The molecule has 1 heterocycles. The lowest BCUT2D eigenvalue weighted by atomic mass is 9.77. The summed E-state index contributed by atoms with van der Waals surface area (Å²) in [7, 11) is 0.806. The van der Waals surface area contributed by atoms with E-state index in [4.69, 9.17) is 19.8 Å². The second-order valence-electron chi connectivity index (χ2n) is 6.79. The number of phenols is 1. The average molecular weight is 333 g/mol. The largest absolute Gasteiger partial charge is 0.504 e. The summed E-state index contributed by atoms with van der Waals surface area (Å²) in [4.78, 5) is 11.1. The minimum Gasteiger partial charge on any atom is -0.504 e. The van der Waals surface area contributed by atoms with Crippen LogP contribution in [0.2, 0.25) is 0 Å². The van der Waals surface area contributed by atoms with Crippen LogP contribution in [0.4, 0.5) is 0 Å². The first-order valence-corrected chi connectivity index (χ1v) is 7.77. The summed E-state index contributed by atoms with van der Waals surface area (Å²) >= 11 is 0. The third-order valence-electron chi connectivity index (χ3n) is 4.62. The maximum Gasteiger partial charge on any atom is 0.491 e. The number of nitrogens with two attached hydrogens (primary N) is 1. The summed E-state index contributed by atoms with van der Waals surface area (Å²) in [6.45, 7) is 8.00. The Morgan fingerprint density at radius 3 is 2.33 bits per heavy atom. The van der Waals surface area contributed by atoms with Gasteiger partial charge in [-0.25, -0.2) is 0 Å². The fraction of sp³-hybridized carbons (Fsp3) is 0.471. The van der Waals surface area contributed by atoms with Gasteiger partial charge >= 0.3 is 7.12 Å². The Morgan fingerprint density at radius 2 is 1.88 bits per heavy atom. The van der Waals surface area contributed by atoms with Gasteiger partial charge in [0.25, 0.3) is 0 Å². The SMILES string of the molecule is COc1cc(C=O)cc(C=C(CN)B2OC(C)(C)C(C)(C)O2)c1O. The zero-order valence-electron chi connectivity index (χ0n) is 14.8. The van der Waals surface area contributed by atoms with Gasteiger partial charge < -0.3 is 24.9 Å². The Balaban J connectivity index is 2.44. The summed E-state index contributed by atoms with van der Waals surface area (Å²) in [5.74, 6) is 0.154. The molecule has 0 atom stereocenters. The van der Waals surface area contributed by atoms with Crippen molar-refractivity contribution in [1.29, 1.82) is 0 Å². The minimum absolute atomic E-state index is 0.0643. The van der Waals surface area contributed by atoms with Crippen LogP contribution in [0, 0.1) is 0 Å². The Labute approximate surface area is 142 Å². The highest BCUT2D eigenvalue weighted by Crippen LogP contribution is 2.39. The van der Waals surface area contributed by atoms with Crippen molar-refractivity contribution >= 4 is 19.5 Å². The van der Waals surface area contributed by atoms with Gasteiger partial charge in [-0.05, 0) is 45.3 Å². The van der Waals surface area contributed by atoms with Gasteiger partial charge in [0.1, 0.15) is 6.29 Å². The van der Waals surface area contributed by atoms with E-state index < -0.39 is 18.3 Å². The average Bonchev–Trinajstić information content (AvgIpc) is 2.74. The van der Waals surface area contributed by atoms with E-state index >= 15 is 0 Å². The molecular weight excluding hydrogens is 309 g/mol. The fourth-order valence-electron chi connectivity index (χ4n) is 2.40. The van der Waals surface area contributed by atoms with E-state index in [9.17, 15) is 9.90 Å². The molecule has 3 N–H and O–H groups in total. The molecule has 1 fully saturated rings. The number of carbonyl (C=O) groups excluding carboxylic acids is 1. The molecule has 0 bridgehead atoms. The van der Waals surface area contributed by atoms with Crippen molar-refractivity contribution in [1.82, 2.24) is 0 Å². The highest BCUT2D eigenvalue weighted by Gasteiger charge is 2.52. The molecule has 0 amide bonds. The molecule has 6 nitrogen and oxygen atoms in total. The Morgan fingerprint density at radius 1 is 1.29 bits per heavy atom. The van der Waals surface area contributed by atoms with Crippen molar-refractivity contribution < 1.29 is 23.9 Å². The van der Waals surface area contributed by atoms with Gasteiger partial charge in [-0.3, -0.25) is 4.79 Å². The molecule has 1 aliphatic heterocycles. The van der Waals surface area contributed by atoms with Crippen LogP contribution in [0.15, 0.2) is 17.6 Å². The first-order chi connectivity index (χ1) is 11.1. The molecule has 1 aromatic carbocycles. The third-order valence-corrected chi connectivity index (χ3v) is 4.62. The topological polar surface area (TPSA) is 91.0 Å². The van der Waals surface area contributed by atoms with Crippen LogP contribution in [0.1, 0.15) is 43.6 Å². The maximum absolute atomic E-state index is 11.1. The zero-order valence-corrected chi connectivity index (χ0v) is 14.8. The number of hydrogen-bond donors (Lipinski definition) is 2. The quantitative estimate of drug-likeness (QED) is 0.634. The number of phenolic OH excluding ortho intramolecular Hbond substituents is 1. The van der Waals surface area contributed by atoms with Gasteiger partial charge in [-0.1, -0.05) is 6.08 Å². The first-order valence-electron chi connectivity index (χ1n) is 7.77. The van der Waals surface area contributed by atoms with Crippen LogP contribution in [-0.4, -0.2) is 43.4 Å². The zero-order chi connectivity index (χ0) is 18.1. The Hall–Kier alpha value is -1.83. The Bertz CT molecular complexity index is 653. The van der Waals surface area contributed by atoms with E-state index in [2.05, 4.69) is 0 Å². The van der Waals surface area contributed by atoms with Crippen LogP contribution >= 0.6 is 0 Å². The van der Waals surface area contributed by atoms with E-state index in [-0.39, 0.29) is 18.0 Å². The van der Waals surface area contributed by atoms with Gasteiger partial charge in [-0.15, -0.1) is 0 Å². The summed E-state index contributed by atoms with van der Waals surface area (Å²) in [5.41, 5.74) is 6.35. The van der Waals surface area contributed by atoms with Crippen molar-refractivity contribution in [2.75, 3.05) is 13.7 Å². The number of aldehydes is 1. The van der Waals surface area contributed by atoms with Gasteiger partial charge in [0.15, 0.2) is 11.5 Å². The van der Waals surface area contributed by atoms with Crippen molar-refractivity contribution in [3.05, 3.63) is 28.7 Å². The van der Waals surface area contributed by atoms with Crippen LogP contribution in [0.3, 0.4) is 0 Å². The van der Waals surface area contributed by atoms with Crippen molar-refractivity contribution in [3.63, 3.8) is 0 Å². The second kappa shape index (κ2) is 6.59. The molecule has 0 unspecified atom stereocenters. The van der Waals surface area contributed by atoms with Gasteiger partial charge in [0, 0.05) is 17.7 Å². The second-order valence-corrected chi connectivity index (χ2v) is 6.79. The molecule has 130 valence electrons. The number of rotatable bonds is 5. The van der Waals surface area contributed by atoms with Gasteiger partial charge in [0.2, 0.25) is 0 Å². The molecular formula is C17H24BNO5. The number of carbonyl (C=O) groups is 1. The highest BCUT2D eigenvalue weighted by atomic mass is 16.7. The fourth-order valence-corrected chi connectivity index (χ4v) is 2.40. The lowest BCUT2D eigenvalue weighted by Gasteiger charge is -2.32. The lowest BCUT2D eigenvalue weighted by Crippen LogP contribution is -2.41. The lowest BCUT2D eigenvalue weighted by molar-refractivity contribution is 0.00578. The van der Waals surface area contributed by atoms with Gasteiger partial charge in [-0.2, -0.15) is 0 Å². The van der Waals surface area contributed by atoms with E-state index in [1.54, 1.807) is 12.1 Å². The van der Waals surface area contributed by atoms with Crippen molar-refractivity contribution in [2.45, 2.75) is 38.9 Å². The molecule has 0 aliphatic carbocycles. The summed E-state index contributed by atoms with van der Waals surface area (Å²) < 4.78 is 17.1. The predicted molar refractivity (Wildman–Crippen MR) is 93.2 cm³/mol. The van der Waals surface area contributed by atoms with Crippen LogP contribution in [0.5, 0.6) is 11.5 Å². The summed E-state index contributed by atoms with van der Waals surface area (Å²) in [5, 5.41) is 10.3. The predicted octanol–water partition coefficient (Wildman–Crippen LogP) is 2.19. The molecule has 7 heteroatoms. The molecule has 1 aromatic rings. The first kappa shape index (κ1) is 18.5. The monoisotopic (exact) mass is 333 g/mol. The number of aromatic hydroxyl groups is 1. The molecule has 0 spiro atoms. The van der Waals surface area contributed by atoms with Crippen molar-refractivity contribution in [2.24, 2.45) is 5.73 Å². The van der Waals surface area contributed by atoms with E-state index in [0.29, 0.717) is 22.9 Å². The third kappa shape index (κ3) is 3.33. The van der Waals surface area contributed by atoms with Crippen LogP contribution in [0.25, 0.3) is 6.08 Å². The highest BCUT2D eigenvalue weighted by molar-refractivity contribution is 6.56. The molecule has 1 saturated heterocycles. The van der Waals surface area contributed by atoms with E-state index in [1.807, 2.05) is 27.7 Å². The summed E-state index contributed by atoms with van der Waals surface area (Å²) in [6.07, 6.45) is 2.36. The number of ether oxygens (including phenoxy) is 1.